The van der Waals surface area contributed by atoms with Crippen LogP contribution in [0, 0.1) is 0 Å². The van der Waals surface area contributed by atoms with Crippen LogP contribution in [0.2, 0.25) is 10.0 Å². The van der Waals surface area contributed by atoms with Crippen LogP contribution in [0.5, 0.6) is 0 Å². The van der Waals surface area contributed by atoms with Gasteiger partial charge < -0.3 is 15.2 Å². The van der Waals surface area contributed by atoms with Crippen molar-refractivity contribution in [2.45, 2.75) is 43.9 Å². The number of anilines is 1. The van der Waals surface area contributed by atoms with Crippen molar-refractivity contribution in [1.82, 2.24) is 20.2 Å². The molecule has 2 atom stereocenters. The standard InChI is InChI=1S/C25H26Cl2F3N5O/c1-31-24(36)22-21-16(17-12-14(26)5-7-19(17)32-21)9-11-34(22)13-15-4-2-3-10-35(15)20-8-6-18(27)23(33-20)25(28,29)30/h5-8,12,15,22,32H,2-4,9-11,13H2,1H3,(H,31,36). The van der Waals surface area contributed by atoms with Crippen LogP contribution in [0.4, 0.5) is 19.0 Å². The van der Waals surface area contributed by atoms with Gasteiger partial charge in [-0.1, -0.05) is 23.2 Å². The summed E-state index contributed by atoms with van der Waals surface area (Å²) in [6.45, 7) is 1.74. The monoisotopic (exact) mass is 539 g/mol. The molecule has 36 heavy (non-hydrogen) atoms. The highest BCUT2D eigenvalue weighted by molar-refractivity contribution is 6.31. The molecule has 1 amide bonds. The third-order valence-electron chi connectivity index (χ3n) is 7.15. The van der Waals surface area contributed by atoms with E-state index < -0.39 is 22.9 Å². The molecule has 2 unspecified atom stereocenters. The molecule has 2 aliphatic rings. The second kappa shape index (κ2) is 9.76. The Morgan fingerprint density at radius 2 is 2.00 bits per heavy atom. The number of carbonyl (C=O) groups is 1. The highest BCUT2D eigenvalue weighted by atomic mass is 35.5. The first-order valence-corrected chi connectivity index (χ1v) is 12.7. The number of carbonyl (C=O) groups excluding carboxylic acids is 1. The molecule has 2 N–H and O–H groups in total. The first-order chi connectivity index (χ1) is 17.2. The van der Waals surface area contributed by atoms with E-state index >= 15 is 0 Å². The molecule has 1 fully saturated rings. The van der Waals surface area contributed by atoms with Crippen molar-refractivity contribution in [3.8, 4) is 0 Å². The number of nitrogens with zero attached hydrogens (tertiary/aromatic N) is 3. The number of fused-ring (bicyclic) bond motifs is 3. The maximum atomic E-state index is 13.5. The molecule has 0 spiro atoms. The first-order valence-electron chi connectivity index (χ1n) is 11.9. The lowest BCUT2D eigenvalue weighted by molar-refractivity contribution is -0.141. The van der Waals surface area contributed by atoms with E-state index in [4.69, 9.17) is 23.2 Å². The lowest BCUT2D eigenvalue weighted by Gasteiger charge is -2.42. The minimum absolute atomic E-state index is 0.0963. The Morgan fingerprint density at radius 3 is 2.75 bits per heavy atom. The molecule has 0 bridgehead atoms. The number of amides is 1. The van der Waals surface area contributed by atoms with E-state index in [1.807, 2.05) is 23.1 Å². The maximum Gasteiger partial charge on any atom is 0.434 e. The molecule has 0 aliphatic carbocycles. The molecule has 6 nitrogen and oxygen atoms in total. The van der Waals surface area contributed by atoms with Gasteiger partial charge >= 0.3 is 6.18 Å². The Labute approximate surface area is 216 Å². The van der Waals surface area contributed by atoms with Crippen LogP contribution < -0.4 is 10.2 Å². The number of likely N-dealkylation sites (N-methyl/N-ethyl adjacent to an activating group) is 1. The largest absolute Gasteiger partial charge is 0.434 e. The van der Waals surface area contributed by atoms with Gasteiger partial charge in [-0.2, -0.15) is 13.2 Å². The minimum Gasteiger partial charge on any atom is -0.357 e. The van der Waals surface area contributed by atoms with E-state index in [1.165, 1.54) is 6.07 Å². The molecule has 192 valence electrons. The van der Waals surface area contributed by atoms with Gasteiger partial charge in [-0.15, -0.1) is 0 Å². The number of H-pyrrole nitrogens is 1. The van der Waals surface area contributed by atoms with Crippen molar-refractivity contribution in [2.75, 3.05) is 31.6 Å². The Hall–Kier alpha value is -2.49. The normalized spacial score (nSPS) is 21.0. The van der Waals surface area contributed by atoms with Crippen LogP contribution in [0.25, 0.3) is 10.9 Å². The summed E-state index contributed by atoms with van der Waals surface area (Å²) in [5.41, 5.74) is 1.76. The van der Waals surface area contributed by atoms with E-state index in [9.17, 15) is 18.0 Å². The Balaban J connectivity index is 1.47. The summed E-state index contributed by atoms with van der Waals surface area (Å²) in [5.74, 6) is 0.116. The SMILES string of the molecule is CNC(=O)C1c2[nH]c3ccc(Cl)cc3c2CCN1CC1CCCCN1c1ccc(Cl)c(C(F)(F)F)n1. The van der Waals surface area contributed by atoms with Crippen LogP contribution in [0.3, 0.4) is 0 Å². The molecule has 2 aromatic heterocycles. The van der Waals surface area contributed by atoms with Gasteiger partial charge in [-0.25, -0.2) is 4.98 Å². The van der Waals surface area contributed by atoms with Crippen molar-refractivity contribution in [2.24, 2.45) is 0 Å². The smallest absolute Gasteiger partial charge is 0.357 e. The van der Waals surface area contributed by atoms with Crippen LogP contribution in [-0.4, -0.2) is 53.5 Å². The molecule has 0 radical (unpaired) electrons. The van der Waals surface area contributed by atoms with Crippen LogP contribution in [-0.2, 0) is 17.4 Å². The lowest BCUT2D eigenvalue weighted by atomic mass is 9.94. The molecule has 2 aliphatic heterocycles. The highest BCUT2D eigenvalue weighted by Gasteiger charge is 2.39. The van der Waals surface area contributed by atoms with Gasteiger partial charge in [0.2, 0.25) is 5.91 Å². The van der Waals surface area contributed by atoms with Gasteiger partial charge in [-0.3, -0.25) is 9.69 Å². The second-order valence-corrected chi connectivity index (χ2v) is 10.2. The Bertz CT molecular complexity index is 1290. The average molecular weight is 540 g/mol. The molecule has 3 aromatic rings. The van der Waals surface area contributed by atoms with Crippen LogP contribution >= 0.6 is 23.2 Å². The van der Waals surface area contributed by atoms with E-state index in [-0.39, 0.29) is 17.8 Å². The highest BCUT2D eigenvalue weighted by Crippen LogP contribution is 2.38. The Morgan fingerprint density at radius 1 is 1.19 bits per heavy atom. The number of hydrogen-bond acceptors (Lipinski definition) is 4. The van der Waals surface area contributed by atoms with Crippen molar-refractivity contribution in [3.05, 3.63) is 57.3 Å². The number of hydrogen-bond donors (Lipinski definition) is 2. The number of aromatic nitrogens is 2. The Kier molecular flexibility index (Phi) is 6.82. The van der Waals surface area contributed by atoms with Crippen LogP contribution in [0.15, 0.2) is 30.3 Å². The molecule has 0 saturated carbocycles. The van der Waals surface area contributed by atoms with E-state index in [0.717, 1.165) is 47.8 Å². The summed E-state index contributed by atoms with van der Waals surface area (Å²) < 4.78 is 40.4. The fourth-order valence-electron chi connectivity index (χ4n) is 5.49. The van der Waals surface area contributed by atoms with Crippen molar-refractivity contribution in [1.29, 1.82) is 0 Å². The van der Waals surface area contributed by atoms with Gasteiger partial charge in [0.1, 0.15) is 11.9 Å². The summed E-state index contributed by atoms with van der Waals surface area (Å²) in [4.78, 5) is 24.5. The van der Waals surface area contributed by atoms with Crippen molar-refractivity contribution >= 4 is 45.8 Å². The van der Waals surface area contributed by atoms with Gasteiger partial charge in [0.25, 0.3) is 0 Å². The van der Waals surface area contributed by atoms with Gasteiger partial charge in [0.05, 0.1) is 5.02 Å². The molecule has 4 heterocycles. The number of aromatic amines is 1. The zero-order valence-electron chi connectivity index (χ0n) is 19.6. The first kappa shape index (κ1) is 25.2. The van der Waals surface area contributed by atoms with Crippen molar-refractivity contribution in [3.63, 3.8) is 0 Å². The number of rotatable bonds is 4. The second-order valence-electron chi connectivity index (χ2n) is 9.31. The number of piperidine rings is 1. The number of benzene rings is 1. The average Bonchev–Trinajstić information content (AvgIpc) is 3.21. The quantitative estimate of drug-likeness (QED) is 0.453. The summed E-state index contributed by atoms with van der Waals surface area (Å²) in [5, 5.41) is 4.01. The van der Waals surface area contributed by atoms with E-state index in [0.29, 0.717) is 24.7 Å². The summed E-state index contributed by atoms with van der Waals surface area (Å²) in [7, 11) is 1.61. The fraction of sp³-hybridized carbons (Fsp3) is 0.440. The molecular weight excluding hydrogens is 514 g/mol. The zero-order chi connectivity index (χ0) is 25.6. The third-order valence-corrected chi connectivity index (χ3v) is 7.69. The molecule has 1 saturated heterocycles. The lowest BCUT2D eigenvalue weighted by Crippen LogP contribution is -2.52. The molecular formula is C25H26Cl2F3N5O. The number of halogens is 5. The van der Waals surface area contributed by atoms with Gasteiger partial charge in [0.15, 0.2) is 5.69 Å². The predicted octanol–water partition coefficient (Wildman–Crippen LogP) is 5.59. The molecule has 5 rings (SSSR count). The predicted molar refractivity (Wildman–Crippen MR) is 135 cm³/mol. The topological polar surface area (TPSA) is 64.3 Å². The number of nitrogens with one attached hydrogen (secondary N) is 2. The summed E-state index contributed by atoms with van der Waals surface area (Å²) in [6, 6.07) is 7.80. The maximum absolute atomic E-state index is 13.5. The van der Waals surface area contributed by atoms with Gasteiger partial charge in [-0.05, 0) is 61.6 Å². The van der Waals surface area contributed by atoms with Gasteiger partial charge in [0, 0.05) is 54.3 Å². The zero-order valence-corrected chi connectivity index (χ0v) is 21.1. The van der Waals surface area contributed by atoms with Crippen molar-refractivity contribution < 1.29 is 18.0 Å². The van der Waals surface area contributed by atoms with Crippen LogP contribution in [0.1, 0.15) is 42.3 Å². The molecule has 11 heteroatoms. The minimum atomic E-state index is -4.63. The van der Waals surface area contributed by atoms with E-state index in [1.54, 1.807) is 13.1 Å². The third kappa shape index (κ3) is 4.64. The number of alkyl halides is 3. The molecule has 1 aromatic carbocycles. The summed E-state index contributed by atoms with van der Waals surface area (Å²) in [6.07, 6.45) is -1.31. The summed E-state index contributed by atoms with van der Waals surface area (Å²) >= 11 is 12.0. The van der Waals surface area contributed by atoms with E-state index in [2.05, 4.69) is 20.2 Å². The fourth-order valence-corrected chi connectivity index (χ4v) is 5.88. The number of pyridine rings is 1.